The standard InChI is InChI=1S/C64H38N6S/c65-39-43-37-42(62-66-63(50-25-9-7-21-45(50)40-17-3-1-4-18-40)68-64(67-62)51-26-10-8-22-46(51)41-19-5-2-6-20-41)31-34-54(43)70-55-28-14-11-23-47(55)49-33-35-57-60(61(49)70)52-27-12-15-29-56(52)69(57)44-32-36-59-53(38-44)48-24-13-16-30-58(48)71-59/h1-38H. The summed E-state index contributed by atoms with van der Waals surface area (Å²) in [7, 11) is 0. The average Bonchev–Trinajstić information content (AvgIpc) is 4.11. The first-order chi connectivity index (χ1) is 35.2. The normalized spacial score (nSPS) is 11.6. The van der Waals surface area contributed by atoms with E-state index in [1.807, 2.05) is 78.1 Å². The Morgan fingerprint density at radius 2 is 0.915 bits per heavy atom. The molecule has 0 fully saturated rings. The van der Waals surface area contributed by atoms with E-state index in [1.54, 1.807) is 0 Å². The van der Waals surface area contributed by atoms with Gasteiger partial charge in [-0.2, -0.15) is 5.26 Å². The van der Waals surface area contributed by atoms with Crippen molar-refractivity contribution in [3.8, 4) is 73.9 Å². The molecule has 330 valence electrons. The summed E-state index contributed by atoms with van der Waals surface area (Å²) in [6, 6.07) is 83.0. The van der Waals surface area contributed by atoms with E-state index in [0.717, 1.165) is 88.4 Å². The van der Waals surface area contributed by atoms with Crippen LogP contribution in [0.4, 0.5) is 0 Å². The molecule has 0 aliphatic carbocycles. The average molecular weight is 923 g/mol. The molecule has 0 aliphatic rings. The minimum Gasteiger partial charge on any atom is -0.309 e. The number of hydrogen-bond donors (Lipinski definition) is 0. The number of rotatable bonds is 7. The highest BCUT2D eigenvalue weighted by Gasteiger charge is 2.24. The first-order valence-corrected chi connectivity index (χ1v) is 24.5. The molecule has 0 unspecified atom stereocenters. The third-order valence-electron chi connectivity index (χ3n) is 13.8. The molecule has 0 spiro atoms. The molecule has 0 N–H and O–H groups in total. The molecule has 4 aromatic heterocycles. The Bertz CT molecular complexity index is 4380. The number of hydrogen-bond acceptors (Lipinski definition) is 5. The molecule has 6 nitrogen and oxygen atoms in total. The Morgan fingerprint density at radius 3 is 1.59 bits per heavy atom. The number of aromatic nitrogens is 5. The molecule has 0 atom stereocenters. The lowest BCUT2D eigenvalue weighted by Gasteiger charge is -2.15. The van der Waals surface area contributed by atoms with Crippen molar-refractivity contribution in [2.75, 3.05) is 0 Å². The highest BCUT2D eigenvalue weighted by atomic mass is 32.1. The summed E-state index contributed by atoms with van der Waals surface area (Å²) in [5.41, 5.74) is 13.3. The van der Waals surface area contributed by atoms with Gasteiger partial charge in [0.15, 0.2) is 17.5 Å². The van der Waals surface area contributed by atoms with Crippen molar-refractivity contribution in [3.05, 3.63) is 236 Å². The van der Waals surface area contributed by atoms with Gasteiger partial charge < -0.3 is 9.13 Å². The zero-order valence-corrected chi connectivity index (χ0v) is 38.8. The van der Waals surface area contributed by atoms with Crippen molar-refractivity contribution >= 4 is 75.1 Å². The maximum atomic E-state index is 11.3. The van der Waals surface area contributed by atoms with Crippen molar-refractivity contribution in [1.29, 1.82) is 5.26 Å². The van der Waals surface area contributed by atoms with Crippen LogP contribution in [-0.4, -0.2) is 24.1 Å². The van der Waals surface area contributed by atoms with E-state index in [4.69, 9.17) is 15.0 Å². The van der Waals surface area contributed by atoms with Gasteiger partial charge in [-0.1, -0.05) is 170 Å². The van der Waals surface area contributed by atoms with E-state index in [-0.39, 0.29) is 0 Å². The maximum Gasteiger partial charge on any atom is 0.164 e. The highest BCUT2D eigenvalue weighted by Crippen LogP contribution is 2.44. The lowest BCUT2D eigenvalue weighted by molar-refractivity contribution is 1.07. The van der Waals surface area contributed by atoms with Crippen LogP contribution in [0.5, 0.6) is 0 Å². The van der Waals surface area contributed by atoms with Crippen LogP contribution >= 0.6 is 11.3 Å². The summed E-state index contributed by atoms with van der Waals surface area (Å²) in [4.78, 5) is 15.8. The van der Waals surface area contributed by atoms with Gasteiger partial charge in [-0.05, 0) is 82.9 Å². The summed E-state index contributed by atoms with van der Waals surface area (Å²) >= 11 is 1.83. The predicted molar refractivity (Wildman–Crippen MR) is 293 cm³/mol. The zero-order chi connectivity index (χ0) is 47.0. The van der Waals surface area contributed by atoms with Gasteiger partial charge in [0.05, 0.1) is 33.3 Å². The van der Waals surface area contributed by atoms with Gasteiger partial charge in [0, 0.05) is 64.1 Å². The van der Waals surface area contributed by atoms with Gasteiger partial charge in [0.2, 0.25) is 0 Å². The second-order valence-corrected chi connectivity index (χ2v) is 18.9. The summed E-state index contributed by atoms with van der Waals surface area (Å²) in [5, 5.41) is 18.3. The topological polar surface area (TPSA) is 72.3 Å². The fourth-order valence-corrected chi connectivity index (χ4v) is 11.8. The van der Waals surface area contributed by atoms with Crippen molar-refractivity contribution in [3.63, 3.8) is 0 Å². The molecule has 0 saturated carbocycles. The lowest BCUT2D eigenvalue weighted by Crippen LogP contribution is -2.03. The molecule has 0 radical (unpaired) electrons. The second-order valence-electron chi connectivity index (χ2n) is 17.8. The Morgan fingerprint density at radius 1 is 0.366 bits per heavy atom. The Labute approximate surface area is 412 Å². The fourth-order valence-electron chi connectivity index (χ4n) is 10.7. The van der Waals surface area contributed by atoms with Crippen LogP contribution in [0, 0.1) is 11.3 Å². The van der Waals surface area contributed by atoms with E-state index in [0.29, 0.717) is 28.6 Å². The maximum absolute atomic E-state index is 11.3. The monoisotopic (exact) mass is 922 g/mol. The molecule has 4 heterocycles. The van der Waals surface area contributed by atoms with Gasteiger partial charge in [0.25, 0.3) is 0 Å². The van der Waals surface area contributed by atoms with Crippen molar-refractivity contribution in [1.82, 2.24) is 24.1 Å². The summed E-state index contributed by atoms with van der Waals surface area (Å²) in [5.74, 6) is 1.56. The van der Waals surface area contributed by atoms with E-state index < -0.39 is 0 Å². The predicted octanol–water partition coefficient (Wildman–Crippen LogP) is 16.6. The molecule has 0 bridgehead atoms. The first kappa shape index (κ1) is 40.6. The Hall–Kier alpha value is -9.48. The zero-order valence-electron chi connectivity index (χ0n) is 38.0. The first-order valence-electron chi connectivity index (χ1n) is 23.7. The van der Waals surface area contributed by atoms with Crippen LogP contribution in [0.1, 0.15) is 5.56 Å². The second kappa shape index (κ2) is 16.3. The summed E-state index contributed by atoms with van der Waals surface area (Å²) < 4.78 is 7.24. The van der Waals surface area contributed by atoms with Gasteiger partial charge in [0.1, 0.15) is 6.07 Å². The van der Waals surface area contributed by atoms with Crippen LogP contribution in [0.2, 0.25) is 0 Å². The van der Waals surface area contributed by atoms with E-state index in [2.05, 4.69) is 179 Å². The summed E-state index contributed by atoms with van der Waals surface area (Å²) in [6.07, 6.45) is 0. The molecule has 7 heteroatoms. The van der Waals surface area contributed by atoms with Gasteiger partial charge >= 0.3 is 0 Å². The van der Waals surface area contributed by atoms with Crippen LogP contribution < -0.4 is 0 Å². The van der Waals surface area contributed by atoms with Gasteiger partial charge in [-0.25, -0.2) is 15.0 Å². The van der Waals surface area contributed by atoms with Crippen molar-refractivity contribution in [2.45, 2.75) is 0 Å². The molecule has 0 aliphatic heterocycles. The largest absolute Gasteiger partial charge is 0.309 e. The number of para-hydroxylation sites is 2. The molecule has 14 rings (SSSR count). The van der Waals surface area contributed by atoms with Gasteiger partial charge in [-0.15, -0.1) is 11.3 Å². The minimum atomic E-state index is 0.474. The van der Waals surface area contributed by atoms with Gasteiger partial charge in [-0.3, -0.25) is 0 Å². The Balaban J connectivity index is 0.992. The van der Waals surface area contributed by atoms with E-state index in [9.17, 15) is 5.26 Å². The van der Waals surface area contributed by atoms with E-state index >= 15 is 0 Å². The quantitative estimate of drug-likeness (QED) is 0.160. The highest BCUT2D eigenvalue weighted by molar-refractivity contribution is 7.25. The molecule has 71 heavy (non-hydrogen) atoms. The van der Waals surface area contributed by atoms with Crippen molar-refractivity contribution in [2.24, 2.45) is 0 Å². The molecule has 0 amide bonds. The lowest BCUT2D eigenvalue weighted by atomic mass is 9.98. The number of benzene rings is 10. The number of nitrogens with zero attached hydrogens (tertiary/aromatic N) is 6. The Kier molecular flexibility index (Phi) is 9.34. The fraction of sp³-hybridized carbons (Fsp3) is 0. The van der Waals surface area contributed by atoms with Crippen LogP contribution in [-0.2, 0) is 0 Å². The number of thiophene rings is 1. The summed E-state index contributed by atoms with van der Waals surface area (Å²) in [6.45, 7) is 0. The minimum absolute atomic E-state index is 0.474. The number of nitriles is 1. The molecule has 0 saturated heterocycles. The van der Waals surface area contributed by atoms with Crippen LogP contribution in [0.25, 0.3) is 132 Å². The third kappa shape index (κ3) is 6.50. The number of fused-ring (bicyclic) bond motifs is 10. The van der Waals surface area contributed by atoms with Crippen molar-refractivity contribution < 1.29 is 0 Å². The molecule has 10 aromatic carbocycles. The smallest absolute Gasteiger partial charge is 0.164 e. The SMILES string of the molecule is N#Cc1cc(-c2nc(-c3ccccc3-c3ccccc3)nc(-c3ccccc3-c3ccccc3)n2)ccc1-n1c2ccccc2c2ccc3c(c4ccccc4n3-c3ccc4sc5ccccc5c4c3)c21. The van der Waals surface area contributed by atoms with Crippen LogP contribution in [0.15, 0.2) is 231 Å². The molecular formula is C64H38N6S. The van der Waals surface area contributed by atoms with E-state index in [1.165, 1.54) is 20.2 Å². The molecule has 14 aromatic rings. The third-order valence-corrected chi connectivity index (χ3v) is 15.0. The molecular weight excluding hydrogens is 885 g/mol. The van der Waals surface area contributed by atoms with Crippen LogP contribution in [0.3, 0.4) is 0 Å².